The van der Waals surface area contributed by atoms with Crippen LogP contribution in [0.3, 0.4) is 0 Å². The number of anilines is 3. The Labute approximate surface area is 641 Å². The second kappa shape index (κ2) is 33.2. The maximum absolute atomic E-state index is 15.3. The van der Waals surface area contributed by atoms with Gasteiger partial charge in [-0.2, -0.15) is 15.3 Å². The number of benzene rings is 6. The van der Waals surface area contributed by atoms with Crippen LogP contribution in [0.15, 0.2) is 171 Å². The van der Waals surface area contributed by atoms with Gasteiger partial charge in [0.15, 0.2) is 29.1 Å². The van der Waals surface area contributed by atoms with E-state index >= 15 is 8.78 Å². The molecule has 1 aliphatic rings. The lowest BCUT2D eigenvalue weighted by Gasteiger charge is -2.20. The number of aryl methyl sites for hydroxylation is 3. The van der Waals surface area contributed by atoms with Crippen LogP contribution in [-0.4, -0.2) is 92.4 Å². The average molecular weight is 1540 g/mol. The van der Waals surface area contributed by atoms with E-state index in [4.69, 9.17) is 55.5 Å². The number of nitrogens with zero attached hydrogens (tertiary/aromatic N) is 16. The molecule has 0 amide bonds. The van der Waals surface area contributed by atoms with Crippen LogP contribution in [0.2, 0.25) is 0 Å². The Balaban J connectivity index is 0.000000140. The number of nitrogens with two attached hydrogens (primary N) is 3. The molecule has 0 radical (unpaired) electrons. The quantitative estimate of drug-likeness (QED) is 0.0563. The molecular weight excluding hydrogens is 1470 g/mol. The zero-order valence-electron chi connectivity index (χ0n) is 61.4. The summed E-state index contributed by atoms with van der Waals surface area (Å²) in [7, 11) is 0. The van der Waals surface area contributed by atoms with Gasteiger partial charge in [-0.25, -0.2) is 85.8 Å². The number of halogens is 5. The first kappa shape index (κ1) is 75.5. The van der Waals surface area contributed by atoms with Crippen LogP contribution in [0.25, 0.3) is 50.2 Å². The predicted molar refractivity (Wildman–Crippen MR) is 409 cm³/mol. The number of rotatable bonds is 21. The Morgan fingerprint density at radius 2 is 0.830 bits per heavy atom. The highest BCUT2D eigenvalue weighted by Crippen LogP contribution is 2.39. The minimum Gasteiger partial charge on any atom is -0.489 e. The zero-order chi connectivity index (χ0) is 78.3. The molecule has 0 unspecified atom stereocenters. The van der Waals surface area contributed by atoms with Gasteiger partial charge in [0.1, 0.15) is 164 Å². The number of hydrogen-bond acceptors (Lipinski definition) is 24. The first-order chi connectivity index (χ1) is 54.1. The van der Waals surface area contributed by atoms with Crippen LogP contribution in [0.5, 0.6) is 51.7 Å². The maximum atomic E-state index is 15.3. The Hall–Kier alpha value is -13.4. The molecule has 0 atom stereocenters. The van der Waals surface area contributed by atoms with E-state index < -0.39 is 29.1 Å². The summed E-state index contributed by atoms with van der Waals surface area (Å²) in [6, 6.07) is 32.0. The molecule has 112 heavy (non-hydrogen) atoms. The fourth-order valence-corrected chi connectivity index (χ4v) is 12.9. The van der Waals surface area contributed by atoms with E-state index in [1.54, 1.807) is 91.1 Å². The van der Waals surface area contributed by atoms with Gasteiger partial charge >= 0.3 is 0 Å². The van der Waals surface area contributed by atoms with Crippen molar-refractivity contribution in [1.29, 1.82) is 0 Å². The van der Waals surface area contributed by atoms with E-state index in [0.717, 1.165) is 45.7 Å². The van der Waals surface area contributed by atoms with Gasteiger partial charge in [-0.15, -0.1) is 11.3 Å². The van der Waals surface area contributed by atoms with Crippen molar-refractivity contribution in [1.82, 2.24) is 79.2 Å². The first-order valence-corrected chi connectivity index (χ1v) is 36.1. The molecule has 6 aromatic carbocycles. The van der Waals surface area contributed by atoms with Crippen LogP contribution in [0.1, 0.15) is 108 Å². The van der Waals surface area contributed by atoms with Gasteiger partial charge in [0.25, 0.3) is 0 Å². The summed E-state index contributed by atoms with van der Waals surface area (Å²) >= 11 is 1.61. The minimum absolute atomic E-state index is 0.0339. The average Bonchev–Trinajstić information content (AvgIpc) is 1.62. The minimum atomic E-state index is -0.618. The Bertz CT molecular complexity index is 5890. The highest BCUT2D eigenvalue weighted by molar-refractivity contribution is 7.11. The second-order valence-electron chi connectivity index (χ2n) is 26.5. The van der Waals surface area contributed by atoms with Gasteiger partial charge in [0.2, 0.25) is 0 Å². The third-order valence-electron chi connectivity index (χ3n) is 17.5. The topological polar surface area (TPSA) is 325 Å². The maximum Gasteiger partial charge on any atom is 0.153 e. The Morgan fingerprint density at radius 1 is 0.429 bits per heavy atom. The molecule has 26 nitrogen and oxygen atoms in total. The molecule has 0 aliphatic carbocycles. The number of hydrogen-bond donors (Lipinski definition) is 3. The second-order valence-corrected chi connectivity index (χ2v) is 27.9. The van der Waals surface area contributed by atoms with E-state index in [-0.39, 0.29) is 82.7 Å². The molecule has 1 fully saturated rings. The molecule has 0 saturated carbocycles. The number of nitrogen functional groups attached to an aromatic ring is 3. The SMILES string of the molecule is Cc1ccc(COc2cc(F)cc(Oc3ccc(-n4nc(C(C)C)c5ncnc(N)c54)c(F)c3)c2)s1.Cc1ncc(COc2cc(F)cc(Oc3ccc(-n4nc(C(C)C)c5ncnc(N)c54)c(F)c3)c2)cn1.Cc1ncc(COc2cc(F)cc(Oc3ccc(-n4nc(C5CCOCC5)c5ncnc(N)c54)cc3)c2)cn1. The number of ether oxygens (including phenoxy) is 7. The molecule has 0 bridgehead atoms. The highest BCUT2D eigenvalue weighted by atomic mass is 32.1. The molecule has 0 spiro atoms. The van der Waals surface area contributed by atoms with Crippen LogP contribution >= 0.6 is 11.3 Å². The van der Waals surface area contributed by atoms with Crippen LogP contribution in [0, 0.1) is 49.9 Å². The van der Waals surface area contributed by atoms with Gasteiger partial charge in [-0.05, 0) is 106 Å². The summed E-state index contributed by atoms with van der Waals surface area (Å²) < 4.78 is 118. The van der Waals surface area contributed by atoms with E-state index in [1.165, 1.54) is 100.0 Å². The molecule has 6 N–H and O–H groups in total. The molecule has 15 aromatic rings. The monoisotopic (exact) mass is 1540 g/mol. The Kier molecular flexibility index (Phi) is 22.4. The molecule has 9 aromatic heterocycles. The zero-order valence-corrected chi connectivity index (χ0v) is 62.2. The van der Waals surface area contributed by atoms with Crippen LogP contribution < -0.4 is 45.6 Å². The molecular formula is C80H72F5N19O7S. The third kappa shape index (κ3) is 17.5. The lowest BCUT2D eigenvalue weighted by atomic mass is 9.96. The van der Waals surface area contributed by atoms with Crippen molar-refractivity contribution < 1.29 is 55.1 Å². The number of aromatic nitrogens is 16. The van der Waals surface area contributed by atoms with Crippen molar-refractivity contribution in [2.24, 2.45) is 0 Å². The van der Waals surface area contributed by atoms with Crippen molar-refractivity contribution in [2.45, 2.75) is 98.9 Å². The summed E-state index contributed by atoms with van der Waals surface area (Å²) in [4.78, 5) is 44.0. The van der Waals surface area contributed by atoms with Gasteiger partial charge in [-0.1, -0.05) is 27.7 Å². The normalized spacial score (nSPS) is 12.3. The number of thiophene rings is 1. The van der Waals surface area contributed by atoms with Crippen LogP contribution in [-0.2, 0) is 24.6 Å². The smallest absolute Gasteiger partial charge is 0.153 e. The van der Waals surface area contributed by atoms with Crippen LogP contribution in [0.4, 0.5) is 39.4 Å². The van der Waals surface area contributed by atoms with Crippen molar-refractivity contribution in [3.05, 3.63) is 250 Å². The first-order valence-electron chi connectivity index (χ1n) is 35.3. The fourth-order valence-electron chi connectivity index (χ4n) is 12.1. The van der Waals surface area contributed by atoms with E-state index in [9.17, 15) is 13.2 Å². The highest BCUT2D eigenvalue weighted by Gasteiger charge is 2.27. The van der Waals surface area contributed by atoms with Gasteiger partial charge in [0.05, 0.1) is 22.8 Å². The lowest BCUT2D eigenvalue weighted by molar-refractivity contribution is 0.0846. The predicted octanol–water partition coefficient (Wildman–Crippen LogP) is 16.7. The van der Waals surface area contributed by atoms with Crippen molar-refractivity contribution in [2.75, 3.05) is 30.4 Å². The summed E-state index contributed by atoms with van der Waals surface area (Å²) in [5.41, 5.74) is 26.6. The van der Waals surface area contributed by atoms with Crippen molar-refractivity contribution >= 4 is 61.9 Å². The molecule has 1 aliphatic heterocycles. The van der Waals surface area contributed by atoms with E-state index in [2.05, 4.69) is 60.0 Å². The molecule has 10 heterocycles. The van der Waals surface area contributed by atoms with Gasteiger partial charge in [-0.3, -0.25) is 0 Å². The molecule has 570 valence electrons. The van der Waals surface area contributed by atoms with E-state index in [1.807, 2.05) is 58.9 Å². The molecule has 16 rings (SSSR count). The Morgan fingerprint density at radius 3 is 1.25 bits per heavy atom. The van der Waals surface area contributed by atoms with E-state index in [0.29, 0.717) is 99.3 Å². The third-order valence-corrected chi connectivity index (χ3v) is 18.5. The van der Waals surface area contributed by atoms with Gasteiger partial charge < -0.3 is 50.4 Å². The van der Waals surface area contributed by atoms with Crippen molar-refractivity contribution in [3.63, 3.8) is 0 Å². The van der Waals surface area contributed by atoms with Crippen molar-refractivity contribution in [3.8, 4) is 68.8 Å². The summed E-state index contributed by atoms with van der Waals surface area (Å²) in [6.07, 6.45) is 12.6. The largest absolute Gasteiger partial charge is 0.489 e. The standard InChI is InChI=1S/C28H26FN7O3.C26H23F2N7O2.C26H23F2N5O2S/c1-17-31-13-18(14-32-17)15-38-23-10-20(29)11-24(12-23)39-22-4-2-21(3-5-22)36-27-26(33-16-34-28(27)30)25(35-36)19-6-8-37-9-7-19;1-14(2)23-24-25(26(29)33-13-32-24)35(34-23)22-5-4-18(9-21(22)28)37-20-7-17(27)6-19(8-20)36-12-16-10-30-15(3)31-11-16;1-14(2)23-24-25(26(29)31-13-30-24)33(32-23)22-7-5-17(11-21(22)28)35-19-9-16(27)8-18(10-19)34-12-20-6-4-15(3)36-20/h2-5,10-14,16,19H,6-9,15H2,1H3,(H2,30,33,34);4-11,13-14H,12H2,1-3H3,(H2,29,32,33);4-11,13-14H,12H2,1-3H3,(H2,29,30,31). The molecule has 1 saturated heterocycles. The summed E-state index contributed by atoms with van der Waals surface area (Å²) in [5.74, 6) is 1.98. The van der Waals surface area contributed by atoms with Gasteiger partial charge in [0, 0.05) is 132 Å². The fraction of sp³-hybridized carbons (Fsp3) is 0.212. The lowest BCUT2D eigenvalue weighted by Crippen LogP contribution is -2.15. The summed E-state index contributed by atoms with van der Waals surface area (Å²) in [5, 5.41) is 14.0. The molecule has 32 heteroatoms. The number of fused-ring (bicyclic) bond motifs is 3. The summed E-state index contributed by atoms with van der Waals surface area (Å²) in [6.45, 7) is 15.5.